The van der Waals surface area contributed by atoms with Crippen molar-refractivity contribution in [3.05, 3.63) is 71.2 Å². The topological polar surface area (TPSA) is 63.3 Å². The molecule has 2 heterocycles. The summed E-state index contributed by atoms with van der Waals surface area (Å²) in [4.78, 5) is 16.9. The molecule has 0 bridgehead atoms. The highest BCUT2D eigenvalue weighted by Crippen LogP contribution is 2.24. The highest BCUT2D eigenvalue weighted by atomic mass is 16.3. The minimum absolute atomic E-state index is 0.0679. The van der Waals surface area contributed by atoms with E-state index in [4.69, 9.17) is 4.42 Å². The van der Waals surface area contributed by atoms with Crippen molar-refractivity contribution in [3.63, 3.8) is 0 Å². The molecule has 4 aromatic rings. The fraction of sp³-hybridized carbons (Fsp3) is 0. The second kappa shape index (κ2) is 4.70. The number of phenolic OH excluding ortho intramolecular Hbond substituents is 1. The summed E-state index contributed by atoms with van der Waals surface area (Å²) in [6, 6.07) is 14.0. The molecule has 0 saturated carbocycles. The molecule has 0 saturated heterocycles. The van der Waals surface area contributed by atoms with E-state index >= 15 is 0 Å². The van der Waals surface area contributed by atoms with Gasteiger partial charge in [-0.05, 0) is 29.8 Å². The Balaban J connectivity index is 1.97. The first-order chi connectivity index (χ1) is 10.7. The highest BCUT2D eigenvalue weighted by molar-refractivity contribution is 5.87. The number of hydrogen-bond donors (Lipinski definition) is 1. The van der Waals surface area contributed by atoms with Crippen LogP contribution in [0, 0.1) is 0 Å². The van der Waals surface area contributed by atoms with Gasteiger partial charge >= 0.3 is 0 Å². The number of hydrogen-bond acceptors (Lipinski definition) is 4. The fourth-order valence-corrected chi connectivity index (χ4v) is 2.55. The molecule has 0 spiro atoms. The Morgan fingerprint density at radius 2 is 1.95 bits per heavy atom. The smallest absolute Gasteiger partial charge is 0.200 e. The highest BCUT2D eigenvalue weighted by Gasteiger charge is 2.10. The Labute approximate surface area is 125 Å². The van der Waals surface area contributed by atoms with E-state index < -0.39 is 0 Å². The lowest BCUT2D eigenvalue weighted by molar-refractivity contribution is 0.474. The van der Waals surface area contributed by atoms with Gasteiger partial charge in [0.25, 0.3) is 0 Å². The molecule has 1 N–H and O–H groups in total. The lowest BCUT2D eigenvalue weighted by Gasteiger charge is -2.04. The summed E-state index contributed by atoms with van der Waals surface area (Å²) in [6.07, 6.45) is 3.14. The summed E-state index contributed by atoms with van der Waals surface area (Å²) >= 11 is 0. The van der Waals surface area contributed by atoms with Crippen molar-refractivity contribution in [2.75, 3.05) is 0 Å². The number of nitrogens with zero attached hydrogens (tertiary/aromatic N) is 1. The molecule has 4 heteroatoms. The van der Waals surface area contributed by atoms with Gasteiger partial charge in [0.2, 0.25) is 0 Å². The van der Waals surface area contributed by atoms with Crippen LogP contribution in [0.25, 0.3) is 33.0 Å². The van der Waals surface area contributed by atoms with Crippen LogP contribution in [0.5, 0.6) is 5.75 Å². The van der Waals surface area contributed by atoms with E-state index in [2.05, 4.69) is 4.98 Å². The van der Waals surface area contributed by atoms with Gasteiger partial charge < -0.3 is 9.52 Å². The third-order valence-corrected chi connectivity index (χ3v) is 3.68. The Kier molecular flexibility index (Phi) is 2.69. The molecule has 0 aliphatic heterocycles. The monoisotopic (exact) mass is 289 g/mol. The number of benzene rings is 2. The van der Waals surface area contributed by atoms with Crippen molar-refractivity contribution in [1.82, 2.24) is 4.98 Å². The van der Waals surface area contributed by atoms with Crippen molar-refractivity contribution in [1.29, 1.82) is 0 Å². The van der Waals surface area contributed by atoms with Crippen LogP contribution in [0.3, 0.4) is 0 Å². The van der Waals surface area contributed by atoms with Gasteiger partial charge in [0.1, 0.15) is 17.6 Å². The maximum absolute atomic E-state index is 12.6. The predicted octanol–water partition coefficient (Wildman–Crippen LogP) is 3.71. The molecule has 106 valence electrons. The van der Waals surface area contributed by atoms with E-state index in [1.54, 1.807) is 12.3 Å². The zero-order valence-electron chi connectivity index (χ0n) is 11.5. The van der Waals surface area contributed by atoms with E-state index in [0.717, 1.165) is 16.5 Å². The van der Waals surface area contributed by atoms with Gasteiger partial charge in [-0.1, -0.05) is 18.2 Å². The fourth-order valence-electron chi connectivity index (χ4n) is 2.55. The SMILES string of the molecule is O=c1c(-c2ccc3cccnc3c2)coc2cc(O)ccc12. The lowest BCUT2D eigenvalue weighted by atomic mass is 10.0. The van der Waals surface area contributed by atoms with Crippen molar-refractivity contribution >= 4 is 21.9 Å². The van der Waals surface area contributed by atoms with Gasteiger partial charge in [-0.25, -0.2) is 0 Å². The van der Waals surface area contributed by atoms with Crippen molar-refractivity contribution in [2.24, 2.45) is 0 Å². The minimum Gasteiger partial charge on any atom is -0.508 e. The van der Waals surface area contributed by atoms with Crippen LogP contribution in [0.1, 0.15) is 0 Å². The van der Waals surface area contributed by atoms with Crippen molar-refractivity contribution in [2.45, 2.75) is 0 Å². The van der Waals surface area contributed by atoms with Crippen LogP contribution in [0.4, 0.5) is 0 Å². The van der Waals surface area contributed by atoms with E-state index in [1.165, 1.54) is 18.4 Å². The van der Waals surface area contributed by atoms with Crippen LogP contribution in [-0.4, -0.2) is 10.1 Å². The molecule has 4 rings (SSSR count). The van der Waals surface area contributed by atoms with Gasteiger partial charge in [0.05, 0.1) is 16.5 Å². The maximum Gasteiger partial charge on any atom is 0.200 e. The first-order valence-electron chi connectivity index (χ1n) is 6.82. The standard InChI is InChI=1S/C18H11NO3/c20-13-5-6-14-17(9-13)22-10-15(18(14)21)12-4-3-11-2-1-7-19-16(11)8-12/h1-10,20H. The molecule has 22 heavy (non-hydrogen) atoms. The molecular formula is C18H11NO3. The second-order valence-corrected chi connectivity index (χ2v) is 5.07. The zero-order valence-corrected chi connectivity index (χ0v) is 11.5. The Morgan fingerprint density at radius 3 is 2.86 bits per heavy atom. The van der Waals surface area contributed by atoms with Gasteiger partial charge in [0, 0.05) is 17.6 Å². The number of aromatic hydroxyl groups is 1. The third kappa shape index (κ3) is 1.93. The van der Waals surface area contributed by atoms with Crippen LogP contribution >= 0.6 is 0 Å². The number of pyridine rings is 1. The van der Waals surface area contributed by atoms with Crippen LogP contribution in [-0.2, 0) is 0 Å². The average Bonchev–Trinajstić information content (AvgIpc) is 2.54. The Bertz CT molecular complexity index is 1070. The summed E-state index contributed by atoms with van der Waals surface area (Å²) in [6.45, 7) is 0. The largest absolute Gasteiger partial charge is 0.508 e. The lowest BCUT2D eigenvalue weighted by Crippen LogP contribution is -2.04. The molecule has 2 aromatic heterocycles. The summed E-state index contributed by atoms with van der Waals surface area (Å²) in [7, 11) is 0. The molecule has 0 aliphatic carbocycles. The van der Waals surface area contributed by atoms with Crippen LogP contribution < -0.4 is 5.43 Å². The van der Waals surface area contributed by atoms with Crippen LogP contribution in [0.15, 0.2) is 70.2 Å². The second-order valence-electron chi connectivity index (χ2n) is 5.07. The first-order valence-corrected chi connectivity index (χ1v) is 6.82. The van der Waals surface area contributed by atoms with Gasteiger partial charge in [-0.3, -0.25) is 9.78 Å². The molecule has 0 radical (unpaired) electrons. The minimum atomic E-state index is -0.128. The first kappa shape index (κ1) is 12.6. The predicted molar refractivity (Wildman–Crippen MR) is 84.9 cm³/mol. The number of aromatic nitrogens is 1. The molecular weight excluding hydrogens is 278 g/mol. The van der Waals surface area contributed by atoms with E-state index in [-0.39, 0.29) is 11.2 Å². The number of fused-ring (bicyclic) bond motifs is 2. The summed E-state index contributed by atoms with van der Waals surface area (Å²) < 4.78 is 5.49. The number of phenols is 1. The van der Waals surface area contributed by atoms with Gasteiger partial charge in [-0.2, -0.15) is 0 Å². The normalized spacial score (nSPS) is 11.1. The summed E-state index contributed by atoms with van der Waals surface area (Å²) in [5.41, 5.74) is 2.30. The molecule has 2 aromatic carbocycles. The van der Waals surface area contributed by atoms with E-state index in [0.29, 0.717) is 16.5 Å². The van der Waals surface area contributed by atoms with Crippen molar-refractivity contribution < 1.29 is 9.52 Å². The molecule has 0 atom stereocenters. The third-order valence-electron chi connectivity index (χ3n) is 3.68. The van der Waals surface area contributed by atoms with E-state index in [9.17, 15) is 9.90 Å². The van der Waals surface area contributed by atoms with Gasteiger partial charge in [-0.15, -0.1) is 0 Å². The van der Waals surface area contributed by atoms with Gasteiger partial charge in [0.15, 0.2) is 5.43 Å². The number of rotatable bonds is 1. The molecule has 4 nitrogen and oxygen atoms in total. The Morgan fingerprint density at radius 1 is 1.05 bits per heavy atom. The van der Waals surface area contributed by atoms with Crippen molar-refractivity contribution in [3.8, 4) is 16.9 Å². The summed E-state index contributed by atoms with van der Waals surface area (Å²) in [5, 5.41) is 10.9. The molecule has 0 fully saturated rings. The molecule has 0 unspecified atom stereocenters. The zero-order chi connectivity index (χ0) is 15.1. The maximum atomic E-state index is 12.6. The Hall–Kier alpha value is -3.14. The van der Waals surface area contributed by atoms with E-state index in [1.807, 2.05) is 30.3 Å². The molecule has 0 aliphatic rings. The van der Waals surface area contributed by atoms with Crippen LogP contribution in [0.2, 0.25) is 0 Å². The molecule has 0 amide bonds. The summed E-state index contributed by atoms with van der Waals surface area (Å²) in [5.74, 6) is 0.0679. The quantitative estimate of drug-likeness (QED) is 0.580. The average molecular weight is 289 g/mol.